The average Bonchev–Trinajstić information content (AvgIpc) is 2.86. The highest BCUT2D eigenvalue weighted by atomic mass is 32.1. The van der Waals surface area contributed by atoms with E-state index in [1.54, 1.807) is 6.08 Å². The van der Waals surface area contributed by atoms with Gasteiger partial charge in [-0.3, -0.25) is 0 Å². The third-order valence-corrected chi connectivity index (χ3v) is 2.97. The molecular weight excluding hydrogens is 238 g/mol. The molecule has 0 aromatic carbocycles. The number of rotatable bonds is 4. The second-order valence-electron chi connectivity index (χ2n) is 3.48. The van der Waals surface area contributed by atoms with E-state index >= 15 is 0 Å². The summed E-state index contributed by atoms with van der Waals surface area (Å²) in [6, 6.07) is 3.76. The highest BCUT2D eigenvalue weighted by Crippen LogP contribution is 2.24. The number of carboxylic acids is 1. The van der Waals surface area contributed by atoms with Gasteiger partial charge >= 0.3 is 5.97 Å². The molecule has 0 radical (unpaired) electrons. The summed E-state index contributed by atoms with van der Waals surface area (Å²) in [5.41, 5.74) is 0.793. The van der Waals surface area contributed by atoms with Crippen LogP contribution < -0.4 is 0 Å². The van der Waals surface area contributed by atoms with Gasteiger partial charge in [-0.2, -0.15) is 0 Å². The maximum Gasteiger partial charge on any atom is 0.327 e. The van der Waals surface area contributed by atoms with E-state index in [0.29, 0.717) is 6.42 Å². The van der Waals surface area contributed by atoms with Crippen molar-refractivity contribution in [3.63, 3.8) is 0 Å². The molecule has 0 aliphatic carbocycles. The number of furan rings is 1. The van der Waals surface area contributed by atoms with E-state index in [1.807, 2.05) is 24.4 Å². The number of allylic oxidation sites excluding steroid dienone is 1. The molecule has 0 aliphatic rings. The Balaban J connectivity index is 2.08. The van der Waals surface area contributed by atoms with E-state index in [-0.39, 0.29) is 0 Å². The molecule has 2 aromatic heterocycles. The number of carboxylic acid groups (broad SMARTS) is 1. The van der Waals surface area contributed by atoms with Crippen molar-refractivity contribution < 1.29 is 14.3 Å². The Morgan fingerprint density at radius 1 is 1.59 bits per heavy atom. The largest absolute Gasteiger partial charge is 0.478 e. The van der Waals surface area contributed by atoms with Gasteiger partial charge in [-0.05, 0) is 19.1 Å². The first kappa shape index (κ1) is 11.6. The van der Waals surface area contributed by atoms with Crippen molar-refractivity contribution in [2.75, 3.05) is 0 Å². The summed E-state index contributed by atoms with van der Waals surface area (Å²) < 4.78 is 5.46. The fraction of sp³-hybridized carbons (Fsp3) is 0.167. The molecule has 1 N–H and O–H groups in total. The van der Waals surface area contributed by atoms with E-state index in [1.165, 1.54) is 11.3 Å². The van der Waals surface area contributed by atoms with Crippen molar-refractivity contribution in [3.8, 4) is 11.5 Å². The predicted octanol–water partition coefficient (Wildman–Crippen LogP) is 2.89. The van der Waals surface area contributed by atoms with Crippen LogP contribution in [0.1, 0.15) is 10.8 Å². The van der Waals surface area contributed by atoms with E-state index in [2.05, 4.69) is 4.98 Å². The van der Waals surface area contributed by atoms with E-state index in [9.17, 15) is 4.79 Å². The van der Waals surface area contributed by atoms with Gasteiger partial charge in [0.25, 0.3) is 0 Å². The van der Waals surface area contributed by atoms with Crippen LogP contribution in [0, 0.1) is 6.92 Å². The summed E-state index contributed by atoms with van der Waals surface area (Å²) >= 11 is 1.49. The van der Waals surface area contributed by atoms with Crippen molar-refractivity contribution in [1.82, 2.24) is 4.98 Å². The molecule has 0 unspecified atom stereocenters. The zero-order chi connectivity index (χ0) is 12.3. The van der Waals surface area contributed by atoms with E-state index < -0.39 is 5.97 Å². The van der Waals surface area contributed by atoms with Gasteiger partial charge in [0, 0.05) is 17.9 Å². The molecule has 88 valence electrons. The molecule has 17 heavy (non-hydrogen) atoms. The van der Waals surface area contributed by atoms with Crippen molar-refractivity contribution in [2.24, 2.45) is 0 Å². The van der Waals surface area contributed by atoms with Crippen LogP contribution in [-0.4, -0.2) is 16.1 Å². The standard InChI is InChI=1S/C12H11NO3S/c1-8-5-6-10(16-8)9-7-17-11(13-9)3-2-4-12(14)15/h2,4-7H,3H2,1H3,(H,14,15)/b4-2+. The zero-order valence-electron chi connectivity index (χ0n) is 9.21. The van der Waals surface area contributed by atoms with Crippen molar-refractivity contribution >= 4 is 17.3 Å². The lowest BCUT2D eigenvalue weighted by atomic mass is 10.3. The average molecular weight is 249 g/mol. The third kappa shape index (κ3) is 3.04. The first-order chi connectivity index (χ1) is 8.15. The Labute approximate surface area is 102 Å². The molecule has 2 rings (SSSR count). The number of thiazole rings is 1. The minimum Gasteiger partial charge on any atom is -0.478 e. The second kappa shape index (κ2) is 4.97. The topological polar surface area (TPSA) is 63.3 Å². The molecule has 0 atom stereocenters. The van der Waals surface area contributed by atoms with E-state index in [4.69, 9.17) is 9.52 Å². The number of nitrogens with zero attached hydrogens (tertiary/aromatic N) is 1. The number of hydrogen-bond donors (Lipinski definition) is 1. The Kier molecular flexibility index (Phi) is 3.39. The second-order valence-corrected chi connectivity index (χ2v) is 4.42. The Morgan fingerprint density at radius 2 is 2.41 bits per heavy atom. The van der Waals surface area contributed by atoms with Crippen LogP contribution >= 0.6 is 11.3 Å². The van der Waals surface area contributed by atoms with Gasteiger partial charge in [0.1, 0.15) is 11.5 Å². The summed E-state index contributed by atoms with van der Waals surface area (Å²) in [4.78, 5) is 14.7. The number of aliphatic carboxylic acids is 1. The fourth-order valence-electron chi connectivity index (χ4n) is 1.35. The molecule has 2 heterocycles. The van der Waals surface area contributed by atoms with Gasteiger partial charge in [-0.25, -0.2) is 9.78 Å². The lowest BCUT2D eigenvalue weighted by molar-refractivity contribution is -0.131. The van der Waals surface area contributed by atoms with E-state index in [0.717, 1.165) is 28.3 Å². The lowest BCUT2D eigenvalue weighted by Gasteiger charge is -1.89. The predicted molar refractivity (Wildman–Crippen MR) is 65.0 cm³/mol. The van der Waals surface area contributed by atoms with Crippen LogP contribution in [0.2, 0.25) is 0 Å². The highest BCUT2D eigenvalue weighted by Gasteiger charge is 2.06. The van der Waals surface area contributed by atoms with Crippen LogP contribution in [-0.2, 0) is 11.2 Å². The number of carbonyl (C=O) groups is 1. The van der Waals surface area contributed by atoms with Crippen LogP contribution in [0.3, 0.4) is 0 Å². The molecular formula is C12H11NO3S. The maximum absolute atomic E-state index is 10.3. The quantitative estimate of drug-likeness (QED) is 0.846. The minimum absolute atomic E-state index is 0.524. The Bertz CT molecular complexity index is 554. The van der Waals surface area contributed by atoms with Gasteiger partial charge in [0.05, 0.1) is 5.01 Å². The molecule has 0 aliphatic heterocycles. The molecule has 0 spiro atoms. The Hall–Kier alpha value is -1.88. The smallest absolute Gasteiger partial charge is 0.327 e. The monoisotopic (exact) mass is 249 g/mol. The SMILES string of the molecule is Cc1ccc(-c2csc(C/C=C/C(=O)O)n2)o1. The molecule has 0 saturated heterocycles. The zero-order valence-corrected chi connectivity index (χ0v) is 10.0. The fourth-order valence-corrected chi connectivity index (χ4v) is 2.11. The first-order valence-electron chi connectivity index (χ1n) is 5.06. The third-order valence-electron chi connectivity index (χ3n) is 2.10. The van der Waals surface area contributed by atoms with Crippen molar-refractivity contribution in [2.45, 2.75) is 13.3 Å². The molecule has 5 heteroatoms. The number of hydrogen-bond acceptors (Lipinski definition) is 4. The maximum atomic E-state index is 10.3. The summed E-state index contributed by atoms with van der Waals surface area (Å²) in [5.74, 6) is 0.649. The van der Waals surface area contributed by atoms with Gasteiger partial charge < -0.3 is 9.52 Å². The van der Waals surface area contributed by atoms with Crippen LogP contribution in [0.4, 0.5) is 0 Å². The summed E-state index contributed by atoms with van der Waals surface area (Å²) in [7, 11) is 0. The molecule has 0 amide bonds. The first-order valence-corrected chi connectivity index (χ1v) is 5.94. The van der Waals surface area contributed by atoms with Crippen molar-refractivity contribution in [3.05, 3.63) is 40.4 Å². The molecule has 0 bridgehead atoms. The van der Waals surface area contributed by atoms with Gasteiger partial charge in [0.15, 0.2) is 5.76 Å². The van der Waals surface area contributed by atoms with Crippen LogP contribution in [0.15, 0.2) is 34.1 Å². The van der Waals surface area contributed by atoms with Gasteiger partial charge in [0.2, 0.25) is 0 Å². The van der Waals surface area contributed by atoms with Gasteiger partial charge in [-0.1, -0.05) is 6.08 Å². The summed E-state index contributed by atoms with van der Waals surface area (Å²) in [5, 5.41) is 11.2. The van der Waals surface area contributed by atoms with Gasteiger partial charge in [-0.15, -0.1) is 11.3 Å². The highest BCUT2D eigenvalue weighted by molar-refractivity contribution is 7.09. The van der Waals surface area contributed by atoms with Crippen LogP contribution in [0.5, 0.6) is 0 Å². The molecule has 0 fully saturated rings. The van der Waals surface area contributed by atoms with Crippen molar-refractivity contribution in [1.29, 1.82) is 0 Å². The number of aromatic nitrogens is 1. The van der Waals surface area contributed by atoms with Crippen LogP contribution in [0.25, 0.3) is 11.5 Å². The normalized spacial score (nSPS) is 11.1. The summed E-state index contributed by atoms with van der Waals surface area (Å²) in [6.45, 7) is 1.88. The Morgan fingerprint density at radius 3 is 3.06 bits per heavy atom. The molecule has 0 saturated carbocycles. The molecule has 2 aromatic rings. The molecule has 4 nitrogen and oxygen atoms in total. The number of aryl methyl sites for hydroxylation is 1. The summed E-state index contributed by atoms with van der Waals surface area (Å²) in [6.07, 6.45) is 3.23. The lowest BCUT2D eigenvalue weighted by Crippen LogP contribution is -1.87. The minimum atomic E-state index is -0.941.